The number of carbonyl (C=O) groups is 1. The van der Waals surface area contributed by atoms with Gasteiger partial charge in [0.15, 0.2) is 0 Å². The third kappa shape index (κ3) is 0.547. The van der Waals surface area contributed by atoms with Gasteiger partial charge in [-0.05, 0) is 0 Å². The molecule has 0 saturated carbocycles. The zero-order chi connectivity index (χ0) is 9.05. The molecule has 0 radical (unpaired) electrons. The van der Waals surface area contributed by atoms with Crippen molar-refractivity contribution in [1.29, 1.82) is 0 Å². The second kappa shape index (κ2) is 1.74. The number of carboxylic acid groups (broad SMARTS) is 1. The summed E-state index contributed by atoms with van der Waals surface area (Å²) >= 11 is 0. The van der Waals surface area contributed by atoms with Crippen LogP contribution < -0.4 is 5.32 Å². The fourth-order valence-corrected chi connectivity index (χ4v) is 1.82. The number of aliphatic carboxylic acids is 1. The van der Waals surface area contributed by atoms with Gasteiger partial charge < -0.3 is 10.4 Å². The number of amidine groups is 1. The molecular weight excluding hydrogens is 168 g/mol. The van der Waals surface area contributed by atoms with Gasteiger partial charge in [0.05, 0.1) is 0 Å². The minimum atomic E-state index is -1.17. The predicted molar refractivity (Wildman–Crippen MR) is 45.4 cm³/mol. The highest BCUT2D eigenvalue weighted by atomic mass is 16.4. The fourth-order valence-electron chi connectivity index (χ4n) is 1.82. The van der Waals surface area contributed by atoms with Gasteiger partial charge in [0.2, 0.25) is 0 Å². The molecule has 2 bridgehead atoms. The number of carboxylic acids is 1. The normalized spacial score (nSPS) is 26.9. The Bertz CT molecular complexity index is 453. The number of nitrogens with zero attached hydrogens (tertiary/aromatic N) is 1. The summed E-state index contributed by atoms with van der Waals surface area (Å²) in [6, 6.07) is 7.36. The predicted octanol–water partition coefficient (Wildman–Crippen LogP) is 0.287. The SMILES string of the molecule is O=C(O)C12N=C(N1)c1ccccc12. The summed E-state index contributed by atoms with van der Waals surface area (Å²) < 4.78 is 0. The van der Waals surface area contributed by atoms with Crippen LogP contribution in [0, 0.1) is 0 Å². The van der Waals surface area contributed by atoms with E-state index < -0.39 is 11.6 Å². The summed E-state index contributed by atoms with van der Waals surface area (Å²) in [6.45, 7) is 0. The lowest BCUT2D eigenvalue weighted by molar-refractivity contribution is -0.144. The fraction of sp³-hybridized carbons (Fsp3) is 0.111. The van der Waals surface area contributed by atoms with Crippen LogP contribution in [0.2, 0.25) is 0 Å². The van der Waals surface area contributed by atoms with E-state index in [4.69, 9.17) is 5.11 Å². The summed E-state index contributed by atoms with van der Waals surface area (Å²) in [5.41, 5.74) is 0.480. The van der Waals surface area contributed by atoms with Gasteiger partial charge in [-0.2, -0.15) is 0 Å². The third-order valence-electron chi connectivity index (χ3n) is 2.46. The van der Waals surface area contributed by atoms with Gasteiger partial charge in [-0.1, -0.05) is 24.3 Å². The summed E-state index contributed by atoms with van der Waals surface area (Å²) in [4.78, 5) is 15.0. The monoisotopic (exact) mass is 174 g/mol. The molecule has 64 valence electrons. The molecule has 0 spiro atoms. The van der Waals surface area contributed by atoms with Gasteiger partial charge >= 0.3 is 5.97 Å². The molecule has 3 aliphatic heterocycles. The molecule has 1 aromatic carbocycles. The maximum atomic E-state index is 11.0. The first-order valence-corrected chi connectivity index (χ1v) is 3.95. The molecule has 0 amide bonds. The van der Waals surface area contributed by atoms with Gasteiger partial charge in [-0.25, -0.2) is 9.79 Å². The second-order valence-corrected chi connectivity index (χ2v) is 3.15. The van der Waals surface area contributed by atoms with E-state index in [-0.39, 0.29) is 0 Å². The van der Waals surface area contributed by atoms with Crippen molar-refractivity contribution in [2.75, 3.05) is 0 Å². The molecule has 1 atom stereocenters. The number of aliphatic imine (C=N–C) groups is 1. The second-order valence-electron chi connectivity index (χ2n) is 3.15. The average Bonchev–Trinajstić information content (AvgIpc) is 2.51. The first-order valence-electron chi connectivity index (χ1n) is 3.95. The van der Waals surface area contributed by atoms with Crippen molar-refractivity contribution >= 4 is 11.8 Å². The topological polar surface area (TPSA) is 61.7 Å². The molecule has 3 heterocycles. The number of benzene rings is 1. The molecule has 3 aliphatic rings. The molecule has 0 aromatic heterocycles. The molecular formula is C9H6N2O2. The molecule has 0 saturated heterocycles. The minimum Gasteiger partial charge on any atom is -0.478 e. The maximum absolute atomic E-state index is 11.0. The van der Waals surface area contributed by atoms with Gasteiger partial charge in [-0.15, -0.1) is 0 Å². The molecule has 4 nitrogen and oxygen atoms in total. The number of rotatable bonds is 1. The summed E-state index contributed by atoms with van der Waals surface area (Å²) in [7, 11) is 0. The Labute approximate surface area is 73.9 Å². The first kappa shape index (κ1) is 6.65. The Morgan fingerprint density at radius 3 is 2.85 bits per heavy atom. The van der Waals surface area contributed by atoms with Crippen LogP contribution in [0.4, 0.5) is 0 Å². The number of hydrogen-bond acceptors (Lipinski definition) is 3. The van der Waals surface area contributed by atoms with Crippen LogP contribution in [-0.2, 0) is 10.5 Å². The zero-order valence-corrected chi connectivity index (χ0v) is 6.61. The highest BCUT2D eigenvalue weighted by Gasteiger charge is 2.55. The maximum Gasteiger partial charge on any atom is 0.357 e. The van der Waals surface area contributed by atoms with Crippen LogP contribution in [0.5, 0.6) is 0 Å². The lowest BCUT2D eigenvalue weighted by atomic mass is 10.0. The summed E-state index contributed by atoms with van der Waals surface area (Å²) in [5, 5.41) is 11.8. The van der Waals surface area contributed by atoms with E-state index in [1.165, 1.54) is 0 Å². The molecule has 1 aromatic rings. The van der Waals surface area contributed by atoms with Gasteiger partial charge in [0.1, 0.15) is 5.84 Å². The lowest BCUT2D eigenvalue weighted by Gasteiger charge is -2.27. The highest BCUT2D eigenvalue weighted by Crippen LogP contribution is 2.40. The Morgan fingerprint density at radius 1 is 1.46 bits per heavy atom. The first-order chi connectivity index (χ1) is 6.24. The van der Waals surface area contributed by atoms with Crippen molar-refractivity contribution in [2.45, 2.75) is 5.66 Å². The molecule has 4 rings (SSSR count). The van der Waals surface area contributed by atoms with E-state index in [9.17, 15) is 4.79 Å². The Balaban J connectivity index is 2.28. The number of hydrogen-bond donors (Lipinski definition) is 2. The van der Waals surface area contributed by atoms with Crippen molar-refractivity contribution < 1.29 is 9.90 Å². The van der Waals surface area contributed by atoms with Crippen molar-refractivity contribution in [1.82, 2.24) is 5.32 Å². The molecule has 13 heavy (non-hydrogen) atoms. The lowest BCUT2D eigenvalue weighted by Crippen LogP contribution is -2.52. The van der Waals surface area contributed by atoms with Gasteiger partial charge in [0, 0.05) is 11.1 Å². The Hall–Kier alpha value is -1.84. The van der Waals surface area contributed by atoms with Crippen molar-refractivity contribution in [3.8, 4) is 0 Å². The minimum absolute atomic E-state index is 0.693. The Kier molecular flexibility index (Phi) is 0.888. The van der Waals surface area contributed by atoms with E-state index in [2.05, 4.69) is 10.3 Å². The summed E-state index contributed by atoms with van der Waals surface area (Å²) in [5.74, 6) is -0.251. The average molecular weight is 174 g/mol. The number of nitrogens with one attached hydrogen (secondary N) is 1. The third-order valence-corrected chi connectivity index (χ3v) is 2.46. The molecule has 2 N–H and O–H groups in total. The van der Waals surface area contributed by atoms with E-state index in [1.807, 2.05) is 18.2 Å². The molecule has 0 fully saturated rings. The van der Waals surface area contributed by atoms with E-state index in [0.29, 0.717) is 5.84 Å². The Morgan fingerprint density at radius 2 is 2.15 bits per heavy atom. The quantitative estimate of drug-likeness (QED) is 0.643. The van der Waals surface area contributed by atoms with Crippen molar-refractivity contribution in [3.05, 3.63) is 35.4 Å². The van der Waals surface area contributed by atoms with Gasteiger partial charge in [0.25, 0.3) is 5.66 Å². The standard InChI is InChI=1S/C9H6N2O2/c12-8(13)9-6-4-2-1-3-5(6)7(10-9)11-9/h1-4H,(H,10,11)(H,12,13). The van der Waals surface area contributed by atoms with Crippen LogP contribution in [0.1, 0.15) is 11.1 Å². The smallest absolute Gasteiger partial charge is 0.357 e. The van der Waals surface area contributed by atoms with Crippen LogP contribution in [0.25, 0.3) is 0 Å². The van der Waals surface area contributed by atoms with Crippen LogP contribution in [-0.4, -0.2) is 16.9 Å². The van der Waals surface area contributed by atoms with E-state index in [0.717, 1.165) is 11.1 Å². The summed E-state index contributed by atoms with van der Waals surface area (Å²) in [6.07, 6.45) is 0. The van der Waals surface area contributed by atoms with Crippen LogP contribution >= 0.6 is 0 Å². The molecule has 0 aliphatic carbocycles. The van der Waals surface area contributed by atoms with Crippen molar-refractivity contribution in [2.24, 2.45) is 4.99 Å². The largest absolute Gasteiger partial charge is 0.478 e. The van der Waals surface area contributed by atoms with Gasteiger partial charge in [-0.3, -0.25) is 0 Å². The van der Waals surface area contributed by atoms with Crippen molar-refractivity contribution in [3.63, 3.8) is 0 Å². The van der Waals surface area contributed by atoms with E-state index >= 15 is 0 Å². The van der Waals surface area contributed by atoms with E-state index in [1.54, 1.807) is 6.07 Å². The van der Waals surface area contributed by atoms with Crippen LogP contribution in [0.3, 0.4) is 0 Å². The highest BCUT2D eigenvalue weighted by molar-refractivity contribution is 6.14. The zero-order valence-electron chi connectivity index (χ0n) is 6.61. The molecule has 4 heteroatoms. The van der Waals surface area contributed by atoms with Crippen LogP contribution in [0.15, 0.2) is 29.3 Å². The molecule has 1 unspecified atom stereocenters.